The summed E-state index contributed by atoms with van der Waals surface area (Å²) < 4.78 is 51.9. The second kappa shape index (κ2) is 4.57. The van der Waals surface area contributed by atoms with Gasteiger partial charge in [-0.15, -0.1) is 0 Å². The number of alkyl halides is 3. The van der Waals surface area contributed by atoms with Crippen molar-refractivity contribution in [2.75, 3.05) is 0 Å². The zero-order valence-electron chi connectivity index (χ0n) is 8.80. The fourth-order valence-electron chi connectivity index (χ4n) is 1.55. The van der Waals surface area contributed by atoms with E-state index in [0.29, 0.717) is 0 Å². The number of aromatic nitrogens is 1. The van der Waals surface area contributed by atoms with E-state index in [2.05, 4.69) is 4.98 Å². The summed E-state index contributed by atoms with van der Waals surface area (Å²) in [5.74, 6) is -0.890. The molecule has 0 unspecified atom stereocenters. The Morgan fingerprint density at radius 3 is 2.39 bits per heavy atom. The summed E-state index contributed by atoms with van der Waals surface area (Å²) in [4.78, 5) is 3.62. The number of nitrogens with zero attached hydrogens (tertiary/aromatic N) is 1. The van der Waals surface area contributed by atoms with Crippen LogP contribution in [0.2, 0.25) is 5.02 Å². The lowest BCUT2D eigenvalue weighted by atomic mass is 10.0. The summed E-state index contributed by atoms with van der Waals surface area (Å²) in [6.07, 6.45) is -3.46. The van der Waals surface area contributed by atoms with Gasteiger partial charge in [0.15, 0.2) is 5.82 Å². The quantitative estimate of drug-likeness (QED) is 0.695. The lowest BCUT2D eigenvalue weighted by molar-refractivity contribution is -0.137. The molecule has 2 aromatic rings. The van der Waals surface area contributed by atoms with Crippen LogP contribution in [0.5, 0.6) is 0 Å². The maximum Gasteiger partial charge on any atom is 0.417 e. The van der Waals surface area contributed by atoms with Crippen LogP contribution in [0.4, 0.5) is 17.6 Å². The zero-order valence-corrected chi connectivity index (χ0v) is 9.56. The third-order valence-corrected chi connectivity index (χ3v) is 2.50. The summed E-state index contributed by atoms with van der Waals surface area (Å²) >= 11 is 5.51. The molecule has 0 atom stereocenters. The lowest BCUT2D eigenvalue weighted by Gasteiger charge is -2.12. The molecule has 0 radical (unpaired) electrons. The Balaban J connectivity index is 2.64. The van der Waals surface area contributed by atoms with Gasteiger partial charge in [0.05, 0.1) is 10.6 Å². The summed E-state index contributed by atoms with van der Waals surface area (Å²) in [6.45, 7) is 0. The molecular formula is C12H6ClF4N. The molecule has 1 aromatic carbocycles. The molecule has 2 rings (SSSR count). The zero-order chi connectivity index (χ0) is 13.3. The largest absolute Gasteiger partial charge is 0.417 e. The van der Waals surface area contributed by atoms with Gasteiger partial charge in [0, 0.05) is 11.8 Å². The molecule has 1 aromatic heterocycles. The second-order valence-corrected chi connectivity index (χ2v) is 3.96. The van der Waals surface area contributed by atoms with Crippen molar-refractivity contribution in [3.05, 3.63) is 52.9 Å². The Hall–Kier alpha value is -1.62. The van der Waals surface area contributed by atoms with Gasteiger partial charge in [-0.05, 0) is 12.1 Å². The van der Waals surface area contributed by atoms with Gasteiger partial charge in [-0.2, -0.15) is 13.2 Å². The van der Waals surface area contributed by atoms with Crippen molar-refractivity contribution < 1.29 is 17.6 Å². The molecule has 1 heterocycles. The van der Waals surface area contributed by atoms with Crippen molar-refractivity contribution >= 4 is 11.6 Å². The van der Waals surface area contributed by atoms with E-state index < -0.39 is 17.6 Å². The van der Waals surface area contributed by atoms with Crippen LogP contribution in [0.15, 0.2) is 36.5 Å². The molecule has 0 bridgehead atoms. The Bertz CT molecular complexity index is 581. The molecule has 0 saturated carbocycles. The van der Waals surface area contributed by atoms with E-state index in [0.717, 1.165) is 18.3 Å². The molecule has 0 spiro atoms. The SMILES string of the molecule is Fc1cc(Cl)cnc1-c1ccccc1C(F)(F)F. The average Bonchev–Trinajstić information content (AvgIpc) is 2.28. The highest BCUT2D eigenvalue weighted by atomic mass is 35.5. The van der Waals surface area contributed by atoms with Gasteiger partial charge in [0.1, 0.15) is 5.69 Å². The lowest BCUT2D eigenvalue weighted by Crippen LogP contribution is -2.08. The van der Waals surface area contributed by atoms with Gasteiger partial charge in [-0.3, -0.25) is 4.98 Å². The standard InChI is InChI=1S/C12H6ClF4N/c13-7-5-10(14)11(18-6-7)8-3-1-2-4-9(8)12(15,16)17/h1-6H. The first kappa shape index (κ1) is 12.8. The molecule has 0 fully saturated rings. The van der Waals surface area contributed by atoms with Crippen molar-refractivity contribution in [2.45, 2.75) is 6.18 Å². The number of benzene rings is 1. The average molecular weight is 276 g/mol. The molecule has 0 N–H and O–H groups in total. The summed E-state index contributed by atoms with van der Waals surface area (Å²) in [6, 6.07) is 5.60. The second-order valence-electron chi connectivity index (χ2n) is 3.53. The van der Waals surface area contributed by atoms with Crippen LogP contribution in [0, 0.1) is 5.82 Å². The fourth-order valence-corrected chi connectivity index (χ4v) is 1.69. The van der Waals surface area contributed by atoms with Crippen molar-refractivity contribution in [3.63, 3.8) is 0 Å². The molecular weight excluding hydrogens is 270 g/mol. The topological polar surface area (TPSA) is 12.9 Å². The van der Waals surface area contributed by atoms with E-state index >= 15 is 0 Å². The van der Waals surface area contributed by atoms with E-state index in [1.807, 2.05) is 0 Å². The molecule has 18 heavy (non-hydrogen) atoms. The number of pyridine rings is 1. The van der Waals surface area contributed by atoms with Gasteiger partial charge in [-0.1, -0.05) is 29.8 Å². The molecule has 6 heteroatoms. The van der Waals surface area contributed by atoms with Crippen LogP contribution >= 0.6 is 11.6 Å². The van der Waals surface area contributed by atoms with E-state index in [4.69, 9.17) is 11.6 Å². The molecule has 1 nitrogen and oxygen atoms in total. The van der Waals surface area contributed by atoms with Crippen LogP contribution in [-0.4, -0.2) is 4.98 Å². The highest BCUT2D eigenvalue weighted by molar-refractivity contribution is 6.30. The van der Waals surface area contributed by atoms with Crippen LogP contribution in [-0.2, 0) is 6.18 Å². The smallest absolute Gasteiger partial charge is 0.252 e. The van der Waals surface area contributed by atoms with E-state index in [-0.39, 0.29) is 16.3 Å². The summed E-state index contributed by atoms with van der Waals surface area (Å²) in [5.41, 5.74) is -1.61. The third kappa shape index (κ3) is 2.46. The van der Waals surface area contributed by atoms with Gasteiger partial charge in [0.2, 0.25) is 0 Å². The van der Waals surface area contributed by atoms with Crippen molar-refractivity contribution in [2.24, 2.45) is 0 Å². The van der Waals surface area contributed by atoms with E-state index in [9.17, 15) is 17.6 Å². The third-order valence-electron chi connectivity index (χ3n) is 2.30. The molecule has 94 valence electrons. The van der Waals surface area contributed by atoms with Crippen molar-refractivity contribution in [1.82, 2.24) is 4.98 Å². The molecule has 0 saturated heterocycles. The molecule has 0 aliphatic heterocycles. The molecule has 0 aliphatic rings. The monoisotopic (exact) mass is 275 g/mol. The summed E-state index contributed by atoms with van der Waals surface area (Å²) in [7, 11) is 0. The van der Waals surface area contributed by atoms with Gasteiger partial charge < -0.3 is 0 Å². The number of hydrogen-bond donors (Lipinski definition) is 0. The number of hydrogen-bond acceptors (Lipinski definition) is 1. The predicted octanol–water partition coefficient (Wildman–Crippen LogP) is 4.56. The summed E-state index contributed by atoms with van der Waals surface area (Å²) in [5, 5.41) is 0.0285. The van der Waals surface area contributed by atoms with Crippen LogP contribution in [0.1, 0.15) is 5.56 Å². The van der Waals surface area contributed by atoms with E-state index in [1.54, 1.807) is 0 Å². The van der Waals surface area contributed by atoms with Crippen molar-refractivity contribution in [3.8, 4) is 11.3 Å². The van der Waals surface area contributed by atoms with Gasteiger partial charge >= 0.3 is 6.18 Å². The predicted molar refractivity (Wildman–Crippen MR) is 59.6 cm³/mol. The first-order valence-corrected chi connectivity index (χ1v) is 5.25. The molecule has 0 amide bonds. The molecule has 0 aliphatic carbocycles. The van der Waals surface area contributed by atoms with Crippen LogP contribution < -0.4 is 0 Å². The fraction of sp³-hybridized carbons (Fsp3) is 0.0833. The Morgan fingerprint density at radius 2 is 1.78 bits per heavy atom. The maximum atomic E-state index is 13.6. The minimum Gasteiger partial charge on any atom is -0.252 e. The normalized spacial score (nSPS) is 11.6. The minimum absolute atomic E-state index is 0.0285. The van der Waals surface area contributed by atoms with E-state index in [1.165, 1.54) is 18.2 Å². The minimum atomic E-state index is -4.57. The van der Waals surface area contributed by atoms with Crippen LogP contribution in [0.25, 0.3) is 11.3 Å². The van der Waals surface area contributed by atoms with Crippen molar-refractivity contribution in [1.29, 1.82) is 0 Å². The first-order valence-electron chi connectivity index (χ1n) is 4.87. The maximum absolute atomic E-state index is 13.6. The Kier molecular flexibility index (Phi) is 3.26. The number of rotatable bonds is 1. The van der Waals surface area contributed by atoms with Gasteiger partial charge in [-0.25, -0.2) is 4.39 Å². The van der Waals surface area contributed by atoms with Gasteiger partial charge in [0.25, 0.3) is 0 Å². The highest BCUT2D eigenvalue weighted by Gasteiger charge is 2.34. The highest BCUT2D eigenvalue weighted by Crippen LogP contribution is 2.37. The number of halogens is 5. The Morgan fingerprint density at radius 1 is 1.11 bits per heavy atom. The van der Waals surface area contributed by atoms with Crippen LogP contribution in [0.3, 0.4) is 0 Å². The first-order chi connectivity index (χ1) is 8.39. The Labute approximate surface area is 105 Å².